The molecule has 5 aromatic carbocycles. The van der Waals surface area contributed by atoms with Crippen LogP contribution in [0.4, 0.5) is 22.7 Å². The van der Waals surface area contributed by atoms with E-state index in [-0.39, 0.29) is 61.6 Å². The van der Waals surface area contributed by atoms with Crippen LogP contribution in [0.25, 0.3) is 10.8 Å². The van der Waals surface area contributed by atoms with E-state index in [2.05, 4.69) is 94.7 Å². The number of anilines is 4. The molecule has 0 aliphatic carbocycles. The molecule has 16 heteroatoms. The molecule has 4 aliphatic rings. The van der Waals surface area contributed by atoms with Crippen molar-refractivity contribution in [1.29, 1.82) is 5.26 Å². The number of thiocarbonyl (C=S) groups is 1. The second-order valence-electron chi connectivity index (χ2n) is 24.1. The predicted octanol–water partition coefficient (Wildman–Crippen LogP) is 13.8. The Morgan fingerprint density at radius 1 is 0.770 bits per heavy atom. The molecule has 1 fully saturated rings. The van der Waals surface area contributed by atoms with E-state index in [9.17, 15) is 39.4 Å². The second-order valence-corrected chi connectivity index (χ2v) is 25.8. The van der Waals surface area contributed by atoms with E-state index in [1.165, 1.54) is 10.5 Å². The first-order valence-corrected chi connectivity index (χ1v) is 31.0. The van der Waals surface area contributed by atoms with Gasteiger partial charge in [0.25, 0.3) is 5.91 Å². The third kappa shape index (κ3) is 13.3. The number of amides is 2. The van der Waals surface area contributed by atoms with E-state index in [1.54, 1.807) is 36.1 Å². The van der Waals surface area contributed by atoms with Gasteiger partial charge >= 0.3 is 17.9 Å². The summed E-state index contributed by atoms with van der Waals surface area (Å²) in [5.74, 6) is -2.46. The lowest BCUT2D eigenvalue weighted by Crippen LogP contribution is -2.42. The number of hydrogen-bond donors (Lipinski definition) is 2. The van der Waals surface area contributed by atoms with Crippen molar-refractivity contribution in [2.75, 3.05) is 52.4 Å². The quantitative estimate of drug-likeness (QED) is 0.0208. The molecular formula is C71H76N6O8S2. The molecule has 0 saturated carbocycles. The Morgan fingerprint density at radius 2 is 1.44 bits per heavy atom. The van der Waals surface area contributed by atoms with Crippen LogP contribution in [0.1, 0.15) is 110 Å². The fourth-order valence-corrected chi connectivity index (χ4v) is 13.9. The number of rotatable bonds is 23. The fraction of sp³-hybridized carbons (Fsp3) is 0.338. The Balaban J connectivity index is 0.981. The van der Waals surface area contributed by atoms with Gasteiger partial charge in [0.15, 0.2) is 0 Å². The molecule has 4 heterocycles. The van der Waals surface area contributed by atoms with Gasteiger partial charge in [-0.05, 0) is 126 Å². The van der Waals surface area contributed by atoms with Gasteiger partial charge in [-0.25, -0.2) is 0 Å². The van der Waals surface area contributed by atoms with Crippen LogP contribution >= 0.6 is 24.0 Å². The number of carbonyl (C=O) groups excluding carboxylic acids is 3. The first kappa shape index (κ1) is 63.0. The smallest absolute Gasteiger partial charge is 0.307 e. The molecule has 2 amide bonds. The third-order valence-corrected chi connectivity index (χ3v) is 18.6. The van der Waals surface area contributed by atoms with Crippen LogP contribution in [0.15, 0.2) is 180 Å². The summed E-state index contributed by atoms with van der Waals surface area (Å²) in [7, 11) is 0. The van der Waals surface area contributed by atoms with Gasteiger partial charge in [0.1, 0.15) is 10.9 Å². The van der Waals surface area contributed by atoms with Crippen LogP contribution in [-0.4, -0.2) is 88.0 Å². The number of esters is 1. The number of carboxylic acids is 2. The van der Waals surface area contributed by atoms with Crippen molar-refractivity contribution >= 4 is 91.5 Å². The number of ether oxygens (including phenoxy) is 1. The molecule has 0 aromatic heterocycles. The van der Waals surface area contributed by atoms with E-state index >= 15 is 0 Å². The van der Waals surface area contributed by atoms with E-state index in [0.29, 0.717) is 35.2 Å². The van der Waals surface area contributed by atoms with Gasteiger partial charge in [0, 0.05) is 70.0 Å². The molecule has 0 radical (unpaired) electrons. The average molecular weight is 1210 g/mol. The van der Waals surface area contributed by atoms with Crippen LogP contribution in [0.3, 0.4) is 0 Å². The number of thioether (sulfide) groups is 1. The molecule has 4 aliphatic heterocycles. The van der Waals surface area contributed by atoms with Crippen LogP contribution < -0.4 is 19.6 Å². The van der Waals surface area contributed by atoms with Crippen molar-refractivity contribution < 1.29 is 38.9 Å². The number of carboxylic acid groups (broad SMARTS) is 2. The van der Waals surface area contributed by atoms with E-state index in [1.807, 2.05) is 108 Å². The Hall–Kier alpha value is -8.52. The monoisotopic (exact) mass is 1200 g/mol. The molecule has 1 saturated heterocycles. The number of fused-ring (bicyclic) bond motifs is 5. The molecule has 2 atom stereocenters. The normalized spacial score (nSPS) is 20.0. The lowest BCUT2D eigenvalue weighted by atomic mass is 9.76. The number of nitrogens with zero attached hydrogens (tertiary/aromatic N) is 6. The molecule has 2 N–H and O–H groups in total. The SMILES string of the molecule is CCOC(=O)CCN1\C(=C/C=C/C=C2/SC(=S)N(CC(=O)N(Cc3ccccc3)c3ccc4c(c3)C(C)(C)C(/C=C/C(C#N)=C/C=C3/N(CCC(=O)O)c5ccccc5C3(C)CCC(C)C)N4CCC(=O)O)C2=O)C(C)(C)c2c1ccc1ccccc21. The Kier molecular flexibility index (Phi) is 19.3. The van der Waals surface area contributed by atoms with Gasteiger partial charge in [0.2, 0.25) is 5.91 Å². The zero-order valence-electron chi connectivity index (χ0n) is 50.8. The number of hydrogen-bond acceptors (Lipinski definition) is 12. The highest BCUT2D eigenvalue weighted by Crippen LogP contribution is 2.53. The molecule has 450 valence electrons. The second kappa shape index (κ2) is 26.6. The molecule has 5 aromatic rings. The summed E-state index contributed by atoms with van der Waals surface area (Å²) in [6.07, 6.45) is 16.6. The van der Waals surface area contributed by atoms with E-state index in [4.69, 9.17) is 17.0 Å². The third-order valence-electron chi connectivity index (χ3n) is 17.2. The van der Waals surface area contributed by atoms with Gasteiger partial charge in [0.05, 0.1) is 55.0 Å². The van der Waals surface area contributed by atoms with Gasteiger partial charge in [-0.3, -0.25) is 28.9 Å². The maximum Gasteiger partial charge on any atom is 0.307 e. The highest BCUT2D eigenvalue weighted by atomic mass is 32.2. The summed E-state index contributed by atoms with van der Waals surface area (Å²) in [5, 5.41) is 32.7. The lowest BCUT2D eigenvalue weighted by Gasteiger charge is -2.32. The first-order valence-electron chi connectivity index (χ1n) is 29.7. The summed E-state index contributed by atoms with van der Waals surface area (Å²) in [5.41, 5.74) is 8.05. The largest absolute Gasteiger partial charge is 0.481 e. The maximum atomic E-state index is 14.9. The van der Waals surface area contributed by atoms with Gasteiger partial charge < -0.3 is 34.5 Å². The van der Waals surface area contributed by atoms with Gasteiger partial charge in [-0.15, -0.1) is 0 Å². The van der Waals surface area contributed by atoms with Crippen molar-refractivity contribution in [2.24, 2.45) is 5.92 Å². The highest BCUT2D eigenvalue weighted by molar-refractivity contribution is 8.26. The lowest BCUT2D eigenvalue weighted by molar-refractivity contribution is -0.143. The minimum atomic E-state index is -0.960. The maximum absolute atomic E-state index is 14.9. The summed E-state index contributed by atoms with van der Waals surface area (Å²) in [6.45, 7) is 17.9. The first-order chi connectivity index (χ1) is 41.6. The number of aliphatic carboxylic acids is 2. The molecule has 9 rings (SSSR count). The molecular weight excluding hydrogens is 1130 g/mol. The minimum absolute atomic E-state index is 0.0660. The predicted molar refractivity (Wildman–Crippen MR) is 352 cm³/mol. The number of para-hydroxylation sites is 1. The molecule has 2 unspecified atom stereocenters. The Morgan fingerprint density at radius 3 is 2.16 bits per heavy atom. The average Bonchev–Trinajstić information content (AvgIpc) is 1.66. The Bertz CT molecular complexity index is 3760. The zero-order valence-corrected chi connectivity index (χ0v) is 52.4. The zero-order chi connectivity index (χ0) is 62.4. The van der Waals surface area contributed by atoms with Crippen molar-refractivity contribution in [2.45, 2.75) is 116 Å². The number of allylic oxidation sites excluding steroid dienone is 10. The van der Waals surface area contributed by atoms with E-state index < -0.39 is 40.1 Å². The van der Waals surface area contributed by atoms with Crippen molar-refractivity contribution in [1.82, 2.24) is 4.90 Å². The van der Waals surface area contributed by atoms with Crippen molar-refractivity contribution in [3.05, 3.63) is 202 Å². The Labute approximate surface area is 520 Å². The van der Waals surface area contributed by atoms with Crippen LogP contribution in [-0.2, 0) is 51.5 Å². The van der Waals surface area contributed by atoms with Gasteiger partial charge in [-0.1, -0.05) is 163 Å². The number of nitriles is 1. The summed E-state index contributed by atoms with van der Waals surface area (Å²) in [6, 6.07) is 37.8. The van der Waals surface area contributed by atoms with Gasteiger partial charge in [-0.2, -0.15) is 5.26 Å². The fourth-order valence-electron chi connectivity index (χ4n) is 12.7. The van der Waals surface area contributed by atoms with E-state index in [0.717, 1.165) is 80.5 Å². The summed E-state index contributed by atoms with van der Waals surface area (Å²) < 4.78 is 5.55. The topological polar surface area (TPSA) is 175 Å². The van der Waals surface area contributed by atoms with Crippen LogP contribution in [0.5, 0.6) is 0 Å². The molecule has 87 heavy (non-hydrogen) atoms. The summed E-state index contributed by atoms with van der Waals surface area (Å²) >= 11 is 6.94. The number of benzene rings is 5. The minimum Gasteiger partial charge on any atom is -0.481 e. The van der Waals surface area contributed by atoms with Crippen molar-refractivity contribution in [3.63, 3.8) is 0 Å². The molecule has 14 nitrogen and oxygen atoms in total. The van der Waals surface area contributed by atoms with Crippen LogP contribution in [0.2, 0.25) is 0 Å². The molecule has 0 bridgehead atoms. The van der Waals surface area contributed by atoms with Crippen LogP contribution in [0, 0.1) is 17.2 Å². The standard InChI is InChI=1S/C71H76N6O8S2/c1-9-85-65(83)38-42-75-57-31-29-50-21-13-14-22-52(50)66(57)70(6,7)59(75)26-18-17-25-58-67(84)77(68(86)87-58)46-62(78)76(45-49-19-11-10-12-20-49)51-30-32-56-54(43-51)69(4,5)60(73(56)40-36-63(79)80)33-27-48(44-72)28-34-61-71(8,39-35-47(2)3)53-23-15-16-24-55(53)74(61)41-37-64(81)82/h10-34,43,47,60H,9,35-42,45-46H2,1-8H3,(H,79,80)(H,81,82)/b18-17+,33-27+,48-28-,58-25+,59-26-,61-34+. The van der Waals surface area contributed by atoms with Crippen molar-refractivity contribution in [3.8, 4) is 6.07 Å². The number of carbonyl (C=O) groups is 5. The molecule has 0 spiro atoms. The highest BCUT2D eigenvalue weighted by Gasteiger charge is 2.46. The summed E-state index contributed by atoms with van der Waals surface area (Å²) in [4.78, 5) is 75.6.